The lowest BCUT2D eigenvalue weighted by atomic mass is 10.1. The minimum absolute atomic E-state index is 0.222. The fourth-order valence-electron chi connectivity index (χ4n) is 4.63. The maximum Gasteiger partial charge on any atom is 0.258 e. The van der Waals surface area contributed by atoms with Gasteiger partial charge >= 0.3 is 0 Å². The first-order valence-electron chi connectivity index (χ1n) is 13.1. The van der Waals surface area contributed by atoms with E-state index in [4.69, 9.17) is 37.4 Å². The van der Waals surface area contributed by atoms with E-state index in [0.29, 0.717) is 45.8 Å². The van der Waals surface area contributed by atoms with E-state index in [9.17, 15) is 4.79 Å². The molecule has 3 heterocycles. The van der Waals surface area contributed by atoms with E-state index in [1.54, 1.807) is 61.2 Å². The summed E-state index contributed by atoms with van der Waals surface area (Å²) in [5.74, 6) is -0.520. The Labute approximate surface area is 252 Å². The SMILES string of the molecule is O=C(Nc1nccc(-c2ccc(OCC3COC(Cn4ccnc4)(c4ccc(Cl)cc4Cl)O3)cc2)n1)c1ccccc1. The van der Waals surface area contributed by atoms with Crippen LogP contribution >= 0.6 is 23.2 Å². The van der Waals surface area contributed by atoms with Gasteiger partial charge in [0.25, 0.3) is 5.91 Å². The molecule has 9 nitrogen and oxygen atoms in total. The summed E-state index contributed by atoms with van der Waals surface area (Å²) >= 11 is 12.7. The summed E-state index contributed by atoms with van der Waals surface area (Å²) in [6, 6.07) is 23.4. The van der Waals surface area contributed by atoms with Crippen LogP contribution in [0.15, 0.2) is 104 Å². The Bertz CT molecular complexity index is 1670. The monoisotopic (exact) mass is 601 g/mol. The molecule has 212 valence electrons. The lowest BCUT2D eigenvalue weighted by Gasteiger charge is -2.30. The van der Waals surface area contributed by atoms with Crippen LogP contribution in [0.25, 0.3) is 11.3 Å². The van der Waals surface area contributed by atoms with Gasteiger partial charge < -0.3 is 18.8 Å². The van der Waals surface area contributed by atoms with Crippen molar-refractivity contribution >= 4 is 35.1 Å². The van der Waals surface area contributed by atoms with Crippen molar-refractivity contribution in [2.24, 2.45) is 0 Å². The second kappa shape index (κ2) is 12.3. The molecular formula is C31H25Cl2N5O4. The number of amides is 1. The topological polar surface area (TPSA) is 100 Å². The lowest BCUT2D eigenvalue weighted by molar-refractivity contribution is -0.189. The largest absolute Gasteiger partial charge is 0.491 e. The molecular weight excluding hydrogens is 577 g/mol. The lowest BCUT2D eigenvalue weighted by Crippen LogP contribution is -2.34. The molecule has 0 bridgehead atoms. The van der Waals surface area contributed by atoms with E-state index in [1.165, 1.54) is 0 Å². The zero-order valence-electron chi connectivity index (χ0n) is 22.2. The van der Waals surface area contributed by atoms with Crippen LogP contribution in [0.5, 0.6) is 5.75 Å². The smallest absolute Gasteiger partial charge is 0.258 e. The van der Waals surface area contributed by atoms with Crippen LogP contribution in [0.4, 0.5) is 5.95 Å². The zero-order valence-corrected chi connectivity index (χ0v) is 23.7. The first kappa shape index (κ1) is 27.9. The molecule has 0 aliphatic carbocycles. The van der Waals surface area contributed by atoms with E-state index in [1.807, 2.05) is 47.2 Å². The highest BCUT2D eigenvalue weighted by molar-refractivity contribution is 6.35. The van der Waals surface area contributed by atoms with Crippen LogP contribution in [0.1, 0.15) is 15.9 Å². The van der Waals surface area contributed by atoms with Gasteiger partial charge in [0.2, 0.25) is 11.7 Å². The number of imidazole rings is 1. The van der Waals surface area contributed by atoms with Crippen molar-refractivity contribution in [2.45, 2.75) is 18.4 Å². The number of carbonyl (C=O) groups is 1. The molecule has 0 saturated carbocycles. The highest BCUT2D eigenvalue weighted by Crippen LogP contribution is 2.40. The second-order valence-electron chi connectivity index (χ2n) is 9.58. The van der Waals surface area contributed by atoms with Crippen molar-refractivity contribution in [3.05, 3.63) is 125 Å². The molecule has 3 aromatic carbocycles. The number of nitrogens with zero attached hydrogens (tertiary/aromatic N) is 4. The number of anilines is 1. The Morgan fingerprint density at radius 2 is 1.88 bits per heavy atom. The van der Waals surface area contributed by atoms with E-state index in [2.05, 4.69) is 20.3 Å². The molecule has 6 rings (SSSR count). The normalized spacial score (nSPS) is 18.1. The minimum atomic E-state index is -1.12. The van der Waals surface area contributed by atoms with E-state index in [0.717, 1.165) is 5.56 Å². The molecule has 2 aromatic heterocycles. The molecule has 2 unspecified atom stereocenters. The first-order valence-corrected chi connectivity index (χ1v) is 13.9. The fraction of sp³-hybridized carbons (Fsp3) is 0.161. The zero-order chi connectivity index (χ0) is 28.9. The number of hydrogen-bond donors (Lipinski definition) is 1. The van der Waals surface area contributed by atoms with Gasteiger partial charge in [0.05, 0.1) is 30.2 Å². The van der Waals surface area contributed by atoms with Crippen LogP contribution in [-0.4, -0.2) is 44.7 Å². The number of benzene rings is 3. The maximum absolute atomic E-state index is 12.5. The van der Waals surface area contributed by atoms with Gasteiger partial charge in [-0.2, -0.15) is 0 Å². The third-order valence-corrected chi connectivity index (χ3v) is 7.20. The quantitative estimate of drug-likeness (QED) is 0.213. The third-order valence-electron chi connectivity index (χ3n) is 6.65. The number of aromatic nitrogens is 4. The Hall–Kier alpha value is -4.28. The van der Waals surface area contributed by atoms with Gasteiger partial charge in [-0.3, -0.25) is 10.1 Å². The van der Waals surface area contributed by atoms with Crippen molar-refractivity contribution in [2.75, 3.05) is 18.5 Å². The van der Waals surface area contributed by atoms with E-state index in [-0.39, 0.29) is 24.6 Å². The molecule has 1 N–H and O–H groups in total. The molecule has 42 heavy (non-hydrogen) atoms. The standard InChI is InChI=1S/C31H25Cl2N5O4/c32-23-8-11-26(27(33)16-23)31(19-38-15-14-34-20-38)41-18-25(42-31)17-40-24-9-6-21(7-10-24)28-12-13-35-30(36-28)37-29(39)22-4-2-1-3-5-22/h1-16,20,25H,17-19H2,(H,35,36,37,39). The summed E-state index contributed by atoms with van der Waals surface area (Å²) < 4.78 is 20.6. The summed E-state index contributed by atoms with van der Waals surface area (Å²) in [7, 11) is 0. The van der Waals surface area contributed by atoms with Crippen LogP contribution in [0.3, 0.4) is 0 Å². The highest BCUT2D eigenvalue weighted by Gasteiger charge is 2.45. The number of ether oxygens (including phenoxy) is 3. The molecule has 0 spiro atoms. The molecule has 1 aliphatic heterocycles. The molecule has 0 radical (unpaired) electrons. The van der Waals surface area contributed by atoms with Gasteiger partial charge in [-0.1, -0.05) is 47.5 Å². The number of carbonyl (C=O) groups excluding carboxylic acids is 1. The molecule has 1 aliphatic rings. The average Bonchev–Trinajstić information content (AvgIpc) is 3.67. The Balaban J connectivity index is 1.10. The Morgan fingerprint density at radius 1 is 1.05 bits per heavy atom. The summed E-state index contributed by atoms with van der Waals surface area (Å²) in [4.78, 5) is 25.3. The molecule has 1 amide bonds. The summed E-state index contributed by atoms with van der Waals surface area (Å²) in [6.45, 7) is 0.926. The van der Waals surface area contributed by atoms with Crippen LogP contribution in [0.2, 0.25) is 10.0 Å². The summed E-state index contributed by atoms with van der Waals surface area (Å²) in [5.41, 5.74) is 2.71. The molecule has 1 saturated heterocycles. The summed E-state index contributed by atoms with van der Waals surface area (Å²) in [6.07, 6.45) is 6.48. The van der Waals surface area contributed by atoms with Gasteiger partial charge in [-0.05, 0) is 54.6 Å². The van der Waals surface area contributed by atoms with E-state index < -0.39 is 5.79 Å². The van der Waals surface area contributed by atoms with Crippen molar-refractivity contribution in [1.82, 2.24) is 19.5 Å². The Morgan fingerprint density at radius 3 is 2.64 bits per heavy atom. The first-order chi connectivity index (χ1) is 20.5. The number of halogens is 2. The molecule has 11 heteroatoms. The number of nitrogens with one attached hydrogen (secondary N) is 1. The predicted molar refractivity (Wildman–Crippen MR) is 159 cm³/mol. The third kappa shape index (κ3) is 6.29. The van der Waals surface area contributed by atoms with Crippen LogP contribution < -0.4 is 10.1 Å². The van der Waals surface area contributed by atoms with Crippen molar-refractivity contribution in [1.29, 1.82) is 0 Å². The predicted octanol–water partition coefficient (Wildman–Crippen LogP) is 6.25. The molecule has 1 fully saturated rings. The maximum atomic E-state index is 12.5. The summed E-state index contributed by atoms with van der Waals surface area (Å²) in [5, 5.41) is 3.72. The average molecular weight is 602 g/mol. The van der Waals surface area contributed by atoms with Gasteiger partial charge in [-0.15, -0.1) is 0 Å². The number of rotatable bonds is 9. The number of hydrogen-bond acceptors (Lipinski definition) is 7. The van der Waals surface area contributed by atoms with Gasteiger partial charge in [0.15, 0.2) is 0 Å². The van der Waals surface area contributed by atoms with Crippen molar-refractivity contribution in [3.63, 3.8) is 0 Å². The van der Waals surface area contributed by atoms with E-state index >= 15 is 0 Å². The minimum Gasteiger partial charge on any atom is -0.491 e. The highest BCUT2D eigenvalue weighted by atomic mass is 35.5. The fourth-order valence-corrected chi connectivity index (χ4v) is 5.18. The van der Waals surface area contributed by atoms with Crippen LogP contribution in [-0.2, 0) is 21.8 Å². The van der Waals surface area contributed by atoms with Crippen LogP contribution in [0, 0.1) is 0 Å². The van der Waals surface area contributed by atoms with Crippen molar-refractivity contribution < 1.29 is 19.0 Å². The van der Waals surface area contributed by atoms with Gasteiger partial charge in [-0.25, -0.2) is 15.0 Å². The second-order valence-corrected chi connectivity index (χ2v) is 10.4. The van der Waals surface area contributed by atoms with Gasteiger partial charge in [0, 0.05) is 40.3 Å². The van der Waals surface area contributed by atoms with Crippen molar-refractivity contribution in [3.8, 4) is 17.0 Å². The molecule has 5 aromatic rings. The van der Waals surface area contributed by atoms with Gasteiger partial charge in [0.1, 0.15) is 18.5 Å². The molecule has 2 atom stereocenters. The Kier molecular flexibility index (Phi) is 8.16.